The van der Waals surface area contributed by atoms with Crippen molar-refractivity contribution in [3.05, 3.63) is 28.0 Å². The lowest BCUT2D eigenvalue weighted by molar-refractivity contribution is -0.118. The van der Waals surface area contributed by atoms with Gasteiger partial charge < -0.3 is 9.88 Å². The first-order valence-electron chi connectivity index (χ1n) is 5.12. The van der Waals surface area contributed by atoms with Gasteiger partial charge in [-0.15, -0.1) is 0 Å². The quantitative estimate of drug-likeness (QED) is 0.616. The van der Waals surface area contributed by atoms with Crippen molar-refractivity contribution < 1.29 is 4.79 Å². The summed E-state index contributed by atoms with van der Waals surface area (Å²) < 4.78 is 0.742. The van der Waals surface area contributed by atoms with E-state index < -0.39 is 0 Å². The molecule has 1 aliphatic rings. The van der Waals surface area contributed by atoms with Crippen LogP contribution in [-0.2, 0) is 4.79 Å². The minimum atomic E-state index is 0.231. The summed E-state index contributed by atoms with van der Waals surface area (Å²) in [7, 11) is 0. The number of aryl methyl sites for hydroxylation is 1. The molecule has 4 heteroatoms. The second-order valence-electron chi connectivity index (χ2n) is 3.94. The first kappa shape index (κ1) is 10.4. The molecule has 1 aromatic rings. The number of H-pyrrole nitrogens is 1. The van der Waals surface area contributed by atoms with Gasteiger partial charge in [-0.3, -0.25) is 4.79 Å². The van der Waals surface area contributed by atoms with Gasteiger partial charge in [0.25, 0.3) is 0 Å². The van der Waals surface area contributed by atoms with E-state index >= 15 is 0 Å². The molecule has 2 heterocycles. The molecule has 1 N–H and O–H groups in total. The SMILES string of the molecule is Cc1cc(=S)[nH]cc1[C@@H]1CCCN1C=O. The van der Waals surface area contributed by atoms with E-state index in [9.17, 15) is 4.79 Å². The van der Waals surface area contributed by atoms with E-state index in [1.54, 1.807) is 0 Å². The third-order valence-electron chi connectivity index (χ3n) is 2.96. The van der Waals surface area contributed by atoms with Crippen molar-refractivity contribution in [1.82, 2.24) is 9.88 Å². The largest absolute Gasteiger partial charge is 0.353 e. The summed E-state index contributed by atoms with van der Waals surface area (Å²) in [5, 5.41) is 0. The van der Waals surface area contributed by atoms with E-state index in [2.05, 4.69) is 4.98 Å². The number of carbonyl (C=O) groups is 1. The van der Waals surface area contributed by atoms with Crippen LogP contribution in [0.5, 0.6) is 0 Å². The van der Waals surface area contributed by atoms with Crippen molar-refractivity contribution in [3.63, 3.8) is 0 Å². The van der Waals surface area contributed by atoms with E-state index in [1.165, 1.54) is 5.56 Å². The molecular formula is C11H14N2OS. The summed E-state index contributed by atoms with van der Waals surface area (Å²) in [6, 6.07) is 2.18. The second-order valence-corrected chi connectivity index (χ2v) is 4.38. The Labute approximate surface area is 94.1 Å². The number of hydrogen-bond donors (Lipinski definition) is 1. The Morgan fingerprint density at radius 2 is 2.47 bits per heavy atom. The first-order valence-corrected chi connectivity index (χ1v) is 5.53. The van der Waals surface area contributed by atoms with E-state index in [4.69, 9.17) is 12.2 Å². The van der Waals surface area contributed by atoms with Crippen molar-refractivity contribution >= 4 is 18.6 Å². The predicted molar refractivity (Wildman–Crippen MR) is 61.1 cm³/mol. The highest BCUT2D eigenvalue weighted by Gasteiger charge is 2.25. The summed E-state index contributed by atoms with van der Waals surface area (Å²) >= 11 is 5.05. The third-order valence-corrected chi connectivity index (χ3v) is 3.20. The number of nitrogens with one attached hydrogen (secondary N) is 1. The van der Waals surface area contributed by atoms with Gasteiger partial charge in [0, 0.05) is 12.7 Å². The summed E-state index contributed by atoms with van der Waals surface area (Å²) in [5.41, 5.74) is 2.35. The maximum absolute atomic E-state index is 10.9. The highest BCUT2D eigenvalue weighted by atomic mass is 32.1. The number of carbonyl (C=O) groups excluding carboxylic acids is 1. The summed E-state index contributed by atoms with van der Waals surface area (Å²) in [6.45, 7) is 2.91. The van der Waals surface area contributed by atoms with Gasteiger partial charge in [-0.1, -0.05) is 12.2 Å². The van der Waals surface area contributed by atoms with Crippen LogP contribution >= 0.6 is 12.2 Å². The lowest BCUT2D eigenvalue weighted by Crippen LogP contribution is -2.21. The fourth-order valence-electron chi connectivity index (χ4n) is 2.19. The zero-order chi connectivity index (χ0) is 10.8. The fraction of sp³-hybridized carbons (Fsp3) is 0.455. The van der Waals surface area contributed by atoms with Crippen LogP contribution in [0.4, 0.5) is 0 Å². The number of nitrogens with zero attached hydrogens (tertiary/aromatic N) is 1. The van der Waals surface area contributed by atoms with Crippen molar-refractivity contribution in [3.8, 4) is 0 Å². The van der Waals surface area contributed by atoms with Gasteiger partial charge in [0.1, 0.15) is 4.64 Å². The first-order chi connectivity index (χ1) is 7.22. The topological polar surface area (TPSA) is 36.1 Å². The molecule has 1 aromatic heterocycles. The normalized spacial score (nSPS) is 20.6. The summed E-state index contributed by atoms with van der Waals surface area (Å²) in [5.74, 6) is 0. The fourth-order valence-corrected chi connectivity index (χ4v) is 2.43. The molecule has 0 saturated carbocycles. The van der Waals surface area contributed by atoms with Crippen LogP contribution in [0.1, 0.15) is 30.0 Å². The Morgan fingerprint density at radius 1 is 1.67 bits per heavy atom. The van der Waals surface area contributed by atoms with Gasteiger partial charge in [-0.2, -0.15) is 0 Å². The molecule has 15 heavy (non-hydrogen) atoms. The van der Waals surface area contributed by atoms with Crippen molar-refractivity contribution in [2.75, 3.05) is 6.54 Å². The monoisotopic (exact) mass is 222 g/mol. The molecule has 0 aromatic carbocycles. The van der Waals surface area contributed by atoms with Crippen LogP contribution in [0, 0.1) is 11.6 Å². The molecule has 0 unspecified atom stereocenters. The van der Waals surface area contributed by atoms with Crippen LogP contribution in [0.3, 0.4) is 0 Å². The minimum Gasteiger partial charge on any atom is -0.353 e. The molecule has 1 amide bonds. The van der Waals surface area contributed by atoms with Gasteiger partial charge in [-0.05, 0) is 37.0 Å². The molecule has 1 fully saturated rings. The van der Waals surface area contributed by atoms with Crippen molar-refractivity contribution in [2.45, 2.75) is 25.8 Å². The number of amides is 1. The molecule has 1 atom stereocenters. The Balaban J connectivity index is 2.36. The molecule has 0 spiro atoms. The van der Waals surface area contributed by atoms with E-state index in [-0.39, 0.29) is 6.04 Å². The highest BCUT2D eigenvalue weighted by molar-refractivity contribution is 7.71. The number of aromatic amines is 1. The van der Waals surface area contributed by atoms with Crippen LogP contribution < -0.4 is 0 Å². The average molecular weight is 222 g/mol. The van der Waals surface area contributed by atoms with Gasteiger partial charge in [0.05, 0.1) is 6.04 Å². The smallest absolute Gasteiger partial charge is 0.210 e. The zero-order valence-corrected chi connectivity index (χ0v) is 9.51. The van der Waals surface area contributed by atoms with Gasteiger partial charge in [0.15, 0.2) is 0 Å². The molecule has 0 aliphatic carbocycles. The standard InChI is InChI=1S/C11H14N2OS/c1-8-5-11(15)12-6-9(8)10-3-2-4-13(10)7-14/h5-7,10H,2-4H2,1H3,(H,12,15)/t10-/m0/s1. The Kier molecular flexibility index (Phi) is 2.86. The molecule has 1 aliphatic heterocycles. The Morgan fingerprint density at radius 3 is 3.13 bits per heavy atom. The second kappa shape index (κ2) is 4.14. The molecule has 0 radical (unpaired) electrons. The predicted octanol–water partition coefficient (Wildman–Crippen LogP) is 2.35. The molecule has 0 bridgehead atoms. The van der Waals surface area contributed by atoms with Crippen LogP contribution in [0.25, 0.3) is 0 Å². The van der Waals surface area contributed by atoms with Gasteiger partial charge >= 0.3 is 0 Å². The van der Waals surface area contributed by atoms with Crippen LogP contribution in [0.2, 0.25) is 0 Å². The lowest BCUT2D eigenvalue weighted by atomic mass is 10.0. The molecular weight excluding hydrogens is 208 g/mol. The van der Waals surface area contributed by atoms with Gasteiger partial charge in [0.2, 0.25) is 6.41 Å². The highest BCUT2D eigenvalue weighted by Crippen LogP contribution is 2.31. The lowest BCUT2D eigenvalue weighted by Gasteiger charge is -2.21. The van der Waals surface area contributed by atoms with E-state index in [0.29, 0.717) is 0 Å². The molecule has 3 nitrogen and oxygen atoms in total. The number of likely N-dealkylation sites (tertiary alicyclic amines) is 1. The Hall–Kier alpha value is -1.16. The minimum absolute atomic E-state index is 0.231. The van der Waals surface area contributed by atoms with Crippen LogP contribution in [-0.4, -0.2) is 22.8 Å². The average Bonchev–Trinajstić information content (AvgIpc) is 2.65. The number of aromatic nitrogens is 1. The summed E-state index contributed by atoms with van der Waals surface area (Å²) in [4.78, 5) is 15.8. The molecule has 2 rings (SSSR count). The van der Waals surface area contributed by atoms with E-state index in [0.717, 1.165) is 36.0 Å². The van der Waals surface area contributed by atoms with E-state index in [1.807, 2.05) is 24.1 Å². The van der Waals surface area contributed by atoms with Crippen molar-refractivity contribution in [2.24, 2.45) is 0 Å². The Bertz CT molecular complexity index is 427. The molecule has 80 valence electrons. The maximum atomic E-state index is 10.9. The molecule has 1 saturated heterocycles. The van der Waals surface area contributed by atoms with Crippen molar-refractivity contribution in [1.29, 1.82) is 0 Å². The number of pyridine rings is 1. The third kappa shape index (κ3) is 1.95. The van der Waals surface area contributed by atoms with Crippen LogP contribution in [0.15, 0.2) is 12.3 Å². The maximum Gasteiger partial charge on any atom is 0.210 e. The van der Waals surface area contributed by atoms with Gasteiger partial charge in [-0.25, -0.2) is 0 Å². The summed E-state index contributed by atoms with van der Waals surface area (Å²) in [6.07, 6.45) is 5.01. The number of hydrogen-bond acceptors (Lipinski definition) is 2. The number of rotatable bonds is 2. The zero-order valence-electron chi connectivity index (χ0n) is 8.69.